The molecular formula is C23H25Cl2N3O2. The molecule has 30 heavy (non-hydrogen) atoms. The normalized spacial score (nSPS) is 12.0. The molecular weight excluding hydrogens is 421 g/mol. The fourth-order valence-corrected chi connectivity index (χ4v) is 4.02. The number of carbonyl (C=O) groups excluding carboxylic acids is 1. The third-order valence-corrected chi connectivity index (χ3v) is 6.01. The Morgan fingerprint density at radius 2 is 1.90 bits per heavy atom. The zero-order chi connectivity index (χ0) is 22.0. The number of benzene rings is 2. The molecule has 1 amide bonds. The third-order valence-electron chi connectivity index (χ3n) is 5.47. The molecule has 0 bridgehead atoms. The number of likely N-dealkylation sites (N-methyl/N-ethyl adjacent to an activating group) is 1. The van der Waals surface area contributed by atoms with Gasteiger partial charge in [-0.05, 0) is 45.0 Å². The first-order chi connectivity index (χ1) is 14.2. The Labute approximate surface area is 187 Å². The maximum Gasteiger partial charge on any atom is 0.227 e. The number of nitrogens with zero attached hydrogens (tertiary/aromatic N) is 3. The molecule has 7 heteroatoms. The minimum absolute atomic E-state index is 0.00126. The number of hydrogen-bond acceptors (Lipinski definition) is 3. The molecule has 0 radical (unpaired) electrons. The van der Waals surface area contributed by atoms with Gasteiger partial charge in [0.1, 0.15) is 5.75 Å². The van der Waals surface area contributed by atoms with E-state index in [4.69, 9.17) is 27.9 Å². The molecule has 0 saturated heterocycles. The second-order valence-electron chi connectivity index (χ2n) is 7.26. The highest BCUT2D eigenvalue weighted by atomic mass is 35.5. The van der Waals surface area contributed by atoms with Crippen molar-refractivity contribution in [1.82, 2.24) is 14.7 Å². The van der Waals surface area contributed by atoms with Crippen molar-refractivity contribution in [3.05, 3.63) is 75.0 Å². The van der Waals surface area contributed by atoms with Crippen LogP contribution in [0.4, 0.5) is 0 Å². The summed E-state index contributed by atoms with van der Waals surface area (Å²) >= 11 is 12.4. The van der Waals surface area contributed by atoms with Crippen molar-refractivity contribution in [3.63, 3.8) is 0 Å². The van der Waals surface area contributed by atoms with Gasteiger partial charge in [-0.25, -0.2) is 4.68 Å². The van der Waals surface area contributed by atoms with Gasteiger partial charge in [-0.2, -0.15) is 5.10 Å². The number of aromatic nitrogens is 2. The van der Waals surface area contributed by atoms with Crippen LogP contribution in [-0.2, 0) is 11.2 Å². The van der Waals surface area contributed by atoms with Crippen molar-refractivity contribution < 1.29 is 9.53 Å². The van der Waals surface area contributed by atoms with E-state index >= 15 is 0 Å². The summed E-state index contributed by atoms with van der Waals surface area (Å²) in [4.78, 5) is 14.8. The number of para-hydroxylation sites is 1. The van der Waals surface area contributed by atoms with E-state index in [0.717, 1.165) is 34.0 Å². The Balaban J connectivity index is 1.85. The zero-order valence-corrected chi connectivity index (χ0v) is 19.3. The molecule has 0 N–H and O–H groups in total. The van der Waals surface area contributed by atoms with Gasteiger partial charge in [0.2, 0.25) is 5.91 Å². The Morgan fingerprint density at radius 1 is 1.20 bits per heavy atom. The van der Waals surface area contributed by atoms with Crippen molar-refractivity contribution in [1.29, 1.82) is 0 Å². The molecule has 0 spiro atoms. The summed E-state index contributed by atoms with van der Waals surface area (Å²) in [6.07, 6.45) is 0.249. The topological polar surface area (TPSA) is 47.4 Å². The van der Waals surface area contributed by atoms with Crippen LogP contribution in [0.15, 0.2) is 42.5 Å². The molecule has 158 valence electrons. The van der Waals surface area contributed by atoms with Crippen LogP contribution in [-0.4, -0.2) is 34.7 Å². The van der Waals surface area contributed by atoms with E-state index in [1.54, 1.807) is 28.8 Å². The number of aryl methyl sites for hydroxylation is 1. The summed E-state index contributed by atoms with van der Waals surface area (Å²) in [5, 5.41) is 5.68. The molecule has 1 unspecified atom stereocenters. The Hall–Kier alpha value is -2.50. The lowest BCUT2D eigenvalue weighted by atomic mass is 10.0. The quantitative estimate of drug-likeness (QED) is 0.498. The molecule has 1 atom stereocenters. The number of ether oxygens (including phenoxy) is 1. The van der Waals surface area contributed by atoms with E-state index in [1.165, 1.54) is 0 Å². The minimum atomic E-state index is -0.130. The monoisotopic (exact) mass is 445 g/mol. The highest BCUT2D eigenvalue weighted by molar-refractivity contribution is 6.35. The number of rotatable bonds is 6. The summed E-state index contributed by atoms with van der Waals surface area (Å²) in [5.74, 6) is 0.767. The van der Waals surface area contributed by atoms with E-state index in [1.807, 2.05) is 58.2 Å². The number of carbonyl (C=O) groups is 1. The Morgan fingerprint density at radius 3 is 2.57 bits per heavy atom. The number of halogens is 2. The van der Waals surface area contributed by atoms with E-state index in [0.29, 0.717) is 10.0 Å². The fourth-order valence-electron chi connectivity index (χ4n) is 3.53. The highest BCUT2D eigenvalue weighted by Crippen LogP contribution is 2.30. The Bertz CT molecular complexity index is 1080. The smallest absolute Gasteiger partial charge is 0.227 e. The first-order valence-electron chi connectivity index (χ1n) is 9.63. The van der Waals surface area contributed by atoms with Gasteiger partial charge in [0.25, 0.3) is 0 Å². The van der Waals surface area contributed by atoms with Crippen LogP contribution >= 0.6 is 23.2 Å². The van der Waals surface area contributed by atoms with Crippen LogP contribution in [0.5, 0.6) is 5.75 Å². The largest absolute Gasteiger partial charge is 0.496 e. The van der Waals surface area contributed by atoms with Crippen LogP contribution in [0.2, 0.25) is 10.0 Å². The predicted molar refractivity (Wildman–Crippen MR) is 121 cm³/mol. The maximum atomic E-state index is 13.1. The predicted octanol–water partition coefficient (Wildman–Crippen LogP) is 5.57. The van der Waals surface area contributed by atoms with Crippen LogP contribution in [0.3, 0.4) is 0 Å². The summed E-state index contributed by atoms with van der Waals surface area (Å²) < 4.78 is 7.22. The lowest BCUT2D eigenvalue weighted by molar-refractivity contribution is -0.131. The van der Waals surface area contributed by atoms with Crippen LogP contribution in [0.25, 0.3) is 5.69 Å². The van der Waals surface area contributed by atoms with Crippen molar-refractivity contribution in [3.8, 4) is 11.4 Å². The highest BCUT2D eigenvalue weighted by Gasteiger charge is 2.23. The molecule has 1 aromatic heterocycles. The second-order valence-corrected chi connectivity index (χ2v) is 8.10. The maximum absolute atomic E-state index is 13.1. The standard InChI is InChI=1S/C23H25Cl2N3O2/c1-14-19(16(3)28(26-14)21-11-10-17(24)12-20(21)25)13-23(29)27(4)15(2)18-8-6-7-9-22(18)30-5/h6-12,15H,13H2,1-5H3. The van der Waals surface area contributed by atoms with Gasteiger partial charge in [0.15, 0.2) is 0 Å². The van der Waals surface area contributed by atoms with Gasteiger partial charge in [0.05, 0.1) is 36.0 Å². The van der Waals surface area contributed by atoms with E-state index in [-0.39, 0.29) is 18.4 Å². The van der Waals surface area contributed by atoms with Crippen LogP contribution < -0.4 is 4.74 Å². The van der Waals surface area contributed by atoms with Crippen LogP contribution in [0.1, 0.15) is 35.5 Å². The molecule has 0 saturated carbocycles. The molecule has 3 aromatic rings. The van der Waals surface area contributed by atoms with Crippen molar-refractivity contribution in [2.75, 3.05) is 14.2 Å². The number of hydrogen-bond donors (Lipinski definition) is 0. The molecule has 3 rings (SSSR count). The molecule has 5 nitrogen and oxygen atoms in total. The zero-order valence-electron chi connectivity index (χ0n) is 17.7. The molecule has 1 heterocycles. The van der Waals surface area contributed by atoms with Crippen molar-refractivity contribution in [2.24, 2.45) is 0 Å². The molecule has 0 aliphatic carbocycles. The minimum Gasteiger partial charge on any atom is -0.496 e. The molecule has 2 aromatic carbocycles. The van der Waals surface area contributed by atoms with Crippen LogP contribution in [0, 0.1) is 13.8 Å². The van der Waals surface area contributed by atoms with Gasteiger partial charge in [0, 0.05) is 28.9 Å². The second kappa shape index (κ2) is 9.11. The molecule has 0 aliphatic rings. The SMILES string of the molecule is COc1ccccc1C(C)N(C)C(=O)Cc1c(C)nn(-c2ccc(Cl)cc2Cl)c1C. The fraction of sp³-hybridized carbons (Fsp3) is 0.304. The van der Waals surface area contributed by atoms with E-state index in [9.17, 15) is 4.79 Å². The van der Waals surface area contributed by atoms with Gasteiger partial charge in [-0.1, -0.05) is 41.4 Å². The lowest BCUT2D eigenvalue weighted by Gasteiger charge is -2.26. The summed E-state index contributed by atoms with van der Waals surface area (Å²) in [6, 6.07) is 12.9. The van der Waals surface area contributed by atoms with Gasteiger partial charge in [-0.3, -0.25) is 4.79 Å². The van der Waals surface area contributed by atoms with Gasteiger partial charge < -0.3 is 9.64 Å². The molecule has 0 fully saturated rings. The lowest BCUT2D eigenvalue weighted by Crippen LogP contribution is -2.31. The van der Waals surface area contributed by atoms with E-state index < -0.39 is 0 Å². The van der Waals surface area contributed by atoms with Crippen molar-refractivity contribution >= 4 is 29.1 Å². The average Bonchev–Trinajstić information content (AvgIpc) is 3.00. The van der Waals surface area contributed by atoms with Gasteiger partial charge >= 0.3 is 0 Å². The van der Waals surface area contributed by atoms with Gasteiger partial charge in [-0.15, -0.1) is 0 Å². The average molecular weight is 446 g/mol. The van der Waals surface area contributed by atoms with Crippen molar-refractivity contribution in [2.45, 2.75) is 33.2 Å². The first kappa shape index (κ1) is 22.2. The molecule has 0 aliphatic heterocycles. The number of amides is 1. The first-order valence-corrected chi connectivity index (χ1v) is 10.4. The number of methoxy groups -OCH3 is 1. The summed E-state index contributed by atoms with van der Waals surface area (Å²) in [6.45, 7) is 5.84. The van der Waals surface area contributed by atoms with E-state index in [2.05, 4.69) is 5.10 Å². The third kappa shape index (κ3) is 4.32. The Kier molecular flexibility index (Phi) is 6.74. The summed E-state index contributed by atoms with van der Waals surface area (Å²) in [7, 11) is 3.45. The summed E-state index contributed by atoms with van der Waals surface area (Å²) in [5.41, 5.74) is 4.27.